The molecule has 1 aromatic heterocycles. The average molecular weight is 320 g/mol. The van der Waals surface area contributed by atoms with Gasteiger partial charge >= 0.3 is 0 Å². The fourth-order valence-corrected chi connectivity index (χ4v) is 4.62. The number of hydrogen-bond donors (Lipinski definition) is 1. The molecule has 7 heteroatoms. The van der Waals surface area contributed by atoms with Gasteiger partial charge in [0, 0.05) is 19.1 Å². The Morgan fingerprint density at radius 1 is 1.45 bits per heavy atom. The standard InChI is InChI=1S/C13H22ClN3O2S/c1-3-11-13(14)12(17(4-2)16-11)8-15-10-6-5-7-20(18,19)9-10/h10,15H,3-9H2,1-2H3. The third kappa shape index (κ3) is 3.54. The summed E-state index contributed by atoms with van der Waals surface area (Å²) in [6.07, 6.45) is 2.44. The zero-order chi connectivity index (χ0) is 14.8. The molecule has 0 aromatic carbocycles. The molecular weight excluding hydrogens is 298 g/mol. The Bertz CT molecular complexity index is 568. The van der Waals surface area contributed by atoms with E-state index < -0.39 is 9.84 Å². The molecule has 1 fully saturated rings. The minimum Gasteiger partial charge on any atom is -0.307 e. The van der Waals surface area contributed by atoms with Crippen molar-refractivity contribution < 1.29 is 8.42 Å². The van der Waals surface area contributed by atoms with Crippen LogP contribution in [0.2, 0.25) is 5.02 Å². The third-order valence-corrected chi connectivity index (χ3v) is 5.97. The molecule has 0 saturated carbocycles. The van der Waals surface area contributed by atoms with E-state index in [0.29, 0.717) is 17.3 Å². The molecule has 1 saturated heterocycles. The van der Waals surface area contributed by atoms with E-state index >= 15 is 0 Å². The maximum atomic E-state index is 11.6. The van der Waals surface area contributed by atoms with Gasteiger partial charge in [-0.15, -0.1) is 0 Å². The summed E-state index contributed by atoms with van der Waals surface area (Å²) in [5, 5.41) is 8.50. The summed E-state index contributed by atoms with van der Waals surface area (Å²) in [6, 6.07) is 0.0232. The highest BCUT2D eigenvalue weighted by molar-refractivity contribution is 7.91. The van der Waals surface area contributed by atoms with Gasteiger partial charge in [-0.3, -0.25) is 4.68 Å². The lowest BCUT2D eigenvalue weighted by Gasteiger charge is -2.23. The monoisotopic (exact) mass is 319 g/mol. The van der Waals surface area contributed by atoms with Crippen LogP contribution in [-0.4, -0.2) is 35.7 Å². The van der Waals surface area contributed by atoms with Crippen LogP contribution in [0.15, 0.2) is 0 Å². The first-order valence-corrected chi connectivity index (χ1v) is 9.34. The Balaban J connectivity index is 2.05. The van der Waals surface area contributed by atoms with Gasteiger partial charge in [0.2, 0.25) is 0 Å². The van der Waals surface area contributed by atoms with Crippen LogP contribution in [0, 0.1) is 0 Å². The molecule has 5 nitrogen and oxygen atoms in total. The van der Waals surface area contributed by atoms with E-state index in [4.69, 9.17) is 11.6 Å². The van der Waals surface area contributed by atoms with Gasteiger partial charge in [-0.1, -0.05) is 18.5 Å². The number of sulfone groups is 1. The van der Waals surface area contributed by atoms with Gasteiger partial charge in [0.1, 0.15) is 0 Å². The maximum Gasteiger partial charge on any atom is 0.151 e. The van der Waals surface area contributed by atoms with Crippen LogP contribution < -0.4 is 5.32 Å². The molecule has 1 aliphatic rings. The topological polar surface area (TPSA) is 64.0 Å². The Kier molecular flexibility index (Phi) is 5.09. The quantitative estimate of drug-likeness (QED) is 0.898. The number of halogens is 1. The summed E-state index contributed by atoms with van der Waals surface area (Å²) in [5.41, 5.74) is 1.86. The van der Waals surface area contributed by atoms with Gasteiger partial charge in [0.15, 0.2) is 9.84 Å². The summed E-state index contributed by atoms with van der Waals surface area (Å²) >= 11 is 6.34. The van der Waals surface area contributed by atoms with Crippen molar-refractivity contribution in [3.8, 4) is 0 Å². The number of aromatic nitrogens is 2. The fourth-order valence-electron chi connectivity index (χ4n) is 2.61. The van der Waals surface area contributed by atoms with Crippen LogP contribution in [0.4, 0.5) is 0 Å². The molecule has 0 bridgehead atoms. The van der Waals surface area contributed by atoms with Crippen molar-refractivity contribution in [1.82, 2.24) is 15.1 Å². The number of rotatable bonds is 5. The summed E-state index contributed by atoms with van der Waals surface area (Å²) in [6.45, 7) is 5.38. The van der Waals surface area contributed by atoms with Crippen molar-refractivity contribution in [3.05, 3.63) is 16.4 Å². The van der Waals surface area contributed by atoms with E-state index in [0.717, 1.165) is 37.2 Å². The van der Waals surface area contributed by atoms with Gasteiger partial charge < -0.3 is 5.32 Å². The van der Waals surface area contributed by atoms with Crippen LogP contribution in [0.3, 0.4) is 0 Å². The molecule has 1 N–H and O–H groups in total. The summed E-state index contributed by atoms with van der Waals surface area (Å²) in [4.78, 5) is 0. The van der Waals surface area contributed by atoms with Crippen molar-refractivity contribution in [2.45, 2.75) is 52.2 Å². The van der Waals surface area contributed by atoms with E-state index in [1.54, 1.807) is 0 Å². The van der Waals surface area contributed by atoms with Crippen molar-refractivity contribution in [3.63, 3.8) is 0 Å². The van der Waals surface area contributed by atoms with E-state index in [1.165, 1.54) is 0 Å². The molecule has 20 heavy (non-hydrogen) atoms. The summed E-state index contributed by atoms with van der Waals surface area (Å²) in [7, 11) is -2.88. The lowest BCUT2D eigenvalue weighted by molar-refractivity contribution is 0.467. The van der Waals surface area contributed by atoms with Gasteiger partial charge in [0.05, 0.1) is 27.9 Å². The van der Waals surface area contributed by atoms with Crippen LogP contribution >= 0.6 is 11.6 Å². The second-order valence-corrected chi connectivity index (χ2v) is 7.82. The molecule has 0 radical (unpaired) electrons. The molecule has 2 heterocycles. The predicted molar refractivity (Wildman–Crippen MR) is 80.8 cm³/mol. The molecule has 0 spiro atoms. The summed E-state index contributed by atoms with van der Waals surface area (Å²) < 4.78 is 25.2. The van der Waals surface area contributed by atoms with E-state index in [1.807, 2.05) is 18.5 Å². The second kappa shape index (κ2) is 6.45. The lowest BCUT2D eigenvalue weighted by Crippen LogP contribution is -2.40. The van der Waals surface area contributed by atoms with E-state index in [9.17, 15) is 8.42 Å². The molecular formula is C13H22ClN3O2S. The van der Waals surface area contributed by atoms with Crippen molar-refractivity contribution in [2.24, 2.45) is 0 Å². The number of nitrogens with one attached hydrogen (secondary N) is 1. The molecule has 2 rings (SSSR count). The highest BCUT2D eigenvalue weighted by atomic mass is 35.5. The SMILES string of the molecule is CCc1nn(CC)c(CNC2CCCS(=O)(=O)C2)c1Cl. The van der Waals surface area contributed by atoms with Crippen LogP contribution in [0.1, 0.15) is 38.1 Å². The molecule has 1 aliphatic heterocycles. The highest BCUT2D eigenvalue weighted by Gasteiger charge is 2.25. The lowest BCUT2D eigenvalue weighted by atomic mass is 10.2. The first-order chi connectivity index (χ1) is 9.46. The fraction of sp³-hybridized carbons (Fsp3) is 0.769. The third-order valence-electron chi connectivity index (χ3n) is 3.72. The van der Waals surface area contributed by atoms with Crippen LogP contribution in [0.25, 0.3) is 0 Å². The van der Waals surface area contributed by atoms with E-state index in [2.05, 4.69) is 10.4 Å². The van der Waals surface area contributed by atoms with Crippen LogP contribution in [-0.2, 0) is 29.3 Å². The first-order valence-electron chi connectivity index (χ1n) is 7.14. The van der Waals surface area contributed by atoms with E-state index in [-0.39, 0.29) is 11.8 Å². The number of hydrogen-bond acceptors (Lipinski definition) is 4. The van der Waals surface area contributed by atoms with Gasteiger partial charge in [0.25, 0.3) is 0 Å². The minimum absolute atomic E-state index is 0.0232. The zero-order valence-electron chi connectivity index (χ0n) is 12.0. The largest absolute Gasteiger partial charge is 0.307 e. The van der Waals surface area contributed by atoms with Gasteiger partial charge in [-0.25, -0.2) is 8.42 Å². The number of nitrogens with zero attached hydrogens (tertiary/aromatic N) is 2. The van der Waals surface area contributed by atoms with Crippen molar-refractivity contribution >= 4 is 21.4 Å². The average Bonchev–Trinajstić information content (AvgIpc) is 2.71. The number of aryl methyl sites for hydroxylation is 2. The summed E-state index contributed by atoms with van der Waals surface area (Å²) in [5.74, 6) is 0.546. The molecule has 1 unspecified atom stereocenters. The van der Waals surface area contributed by atoms with Crippen molar-refractivity contribution in [1.29, 1.82) is 0 Å². The second-order valence-electron chi connectivity index (χ2n) is 5.21. The van der Waals surface area contributed by atoms with Crippen LogP contribution in [0.5, 0.6) is 0 Å². The zero-order valence-corrected chi connectivity index (χ0v) is 13.6. The first kappa shape index (κ1) is 15.8. The Morgan fingerprint density at radius 2 is 2.20 bits per heavy atom. The molecule has 0 aliphatic carbocycles. The van der Waals surface area contributed by atoms with Gasteiger partial charge in [-0.05, 0) is 26.2 Å². The maximum absolute atomic E-state index is 11.6. The molecule has 114 valence electrons. The Hall–Kier alpha value is -0.590. The normalized spacial score (nSPS) is 22.1. The Labute approximate surface area is 125 Å². The van der Waals surface area contributed by atoms with Crippen molar-refractivity contribution in [2.75, 3.05) is 11.5 Å². The highest BCUT2D eigenvalue weighted by Crippen LogP contribution is 2.22. The van der Waals surface area contributed by atoms with Gasteiger partial charge in [-0.2, -0.15) is 5.10 Å². The molecule has 1 aromatic rings. The molecule has 0 amide bonds. The molecule has 1 atom stereocenters. The Morgan fingerprint density at radius 3 is 2.80 bits per heavy atom. The minimum atomic E-state index is -2.88. The smallest absolute Gasteiger partial charge is 0.151 e. The predicted octanol–water partition coefficient (Wildman–Crippen LogP) is 1.79.